The van der Waals surface area contributed by atoms with E-state index in [4.69, 9.17) is 0 Å². The molecule has 1 fully saturated rings. The predicted octanol–water partition coefficient (Wildman–Crippen LogP) is 3.51. The van der Waals surface area contributed by atoms with Gasteiger partial charge in [0.15, 0.2) is 0 Å². The average Bonchev–Trinajstić information content (AvgIpc) is 2.68. The highest BCUT2D eigenvalue weighted by Crippen LogP contribution is 2.23. The number of aryl methyl sites for hydroxylation is 1. The Balaban J connectivity index is 1.91. The molecular weight excluding hydrogens is 354 g/mol. The summed E-state index contributed by atoms with van der Waals surface area (Å²) in [4.78, 5) is 40.5. The normalized spacial score (nSPS) is 15.8. The highest BCUT2D eigenvalue weighted by atomic mass is 16.2. The summed E-state index contributed by atoms with van der Waals surface area (Å²) in [7, 11) is 0. The van der Waals surface area contributed by atoms with Gasteiger partial charge in [0, 0.05) is 18.8 Å². The monoisotopic (exact) mass is 377 g/mol. The molecular formula is C22H23N3O3. The highest BCUT2D eigenvalue weighted by Gasteiger charge is 2.36. The van der Waals surface area contributed by atoms with E-state index in [1.165, 1.54) is 6.08 Å². The molecule has 0 bridgehead atoms. The first kappa shape index (κ1) is 19.4. The van der Waals surface area contributed by atoms with Crippen molar-refractivity contribution in [1.29, 1.82) is 0 Å². The Morgan fingerprint density at radius 3 is 2.11 bits per heavy atom. The summed E-state index contributed by atoms with van der Waals surface area (Å²) in [5.74, 6) is -1.32. The summed E-state index contributed by atoms with van der Waals surface area (Å²) in [5.41, 5.74) is 3.14. The van der Waals surface area contributed by atoms with Crippen molar-refractivity contribution in [3.05, 3.63) is 65.2 Å². The number of nitrogens with zero attached hydrogens (tertiary/aromatic N) is 2. The summed E-state index contributed by atoms with van der Waals surface area (Å²) in [6, 6.07) is 13.8. The maximum absolute atomic E-state index is 12.9. The van der Waals surface area contributed by atoms with Gasteiger partial charge in [-0.1, -0.05) is 29.8 Å². The largest absolute Gasteiger partial charge is 0.372 e. The third-order valence-electron chi connectivity index (χ3n) is 4.73. The van der Waals surface area contributed by atoms with Gasteiger partial charge in [0.1, 0.15) is 5.57 Å². The first-order valence-electron chi connectivity index (χ1n) is 9.27. The van der Waals surface area contributed by atoms with Crippen LogP contribution in [0, 0.1) is 6.92 Å². The lowest BCUT2D eigenvalue weighted by atomic mass is 10.1. The third kappa shape index (κ3) is 3.81. The number of urea groups is 1. The van der Waals surface area contributed by atoms with Crippen molar-refractivity contribution in [3.8, 4) is 0 Å². The number of benzene rings is 2. The molecule has 0 saturated carbocycles. The zero-order valence-corrected chi connectivity index (χ0v) is 16.2. The summed E-state index contributed by atoms with van der Waals surface area (Å²) in [6.45, 7) is 7.87. The lowest BCUT2D eigenvalue weighted by Gasteiger charge is -2.26. The molecule has 1 N–H and O–H groups in total. The number of amides is 4. The number of barbiturate groups is 1. The van der Waals surface area contributed by atoms with Gasteiger partial charge in [-0.3, -0.25) is 14.9 Å². The average molecular weight is 377 g/mol. The van der Waals surface area contributed by atoms with Crippen molar-refractivity contribution in [3.63, 3.8) is 0 Å². The maximum atomic E-state index is 12.9. The van der Waals surface area contributed by atoms with E-state index in [9.17, 15) is 14.4 Å². The quantitative estimate of drug-likeness (QED) is 0.639. The van der Waals surface area contributed by atoms with Crippen LogP contribution in [0.4, 0.5) is 16.2 Å². The smallest absolute Gasteiger partial charge is 0.335 e. The van der Waals surface area contributed by atoms with E-state index < -0.39 is 17.8 Å². The summed E-state index contributed by atoms with van der Waals surface area (Å²) in [6.07, 6.45) is 1.51. The lowest BCUT2D eigenvalue weighted by Crippen LogP contribution is -2.54. The van der Waals surface area contributed by atoms with E-state index in [1.807, 2.05) is 43.3 Å². The standard InChI is InChI=1S/C22H23N3O3/c1-4-24(5-2)17-12-8-16(9-13-17)14-19-20(26)23-22(28)25(21(19)27)18-10-6-15(3)7-11-18/h6-14H,4-5H2,1-3H3,(H,23,26,28). The molecule has 1 aliphatic rings. The van der Waals surface area contributed by atoms with E-state index in [-0.39, 0.29) is 5.57 Å². The summed E-state index contributed by atoms with van der Waals surface area (Å²) < 4.78 is 0. The predicted molar refractivity (Wildman–Crippen MR) is 110 cm³/mol. The summed E-state index contributed by atoms with van der Waals surface area (Å²) in [5, 5.41) is 2.24. The third-order valence-corrected chi connectivity index (χ3v) is 4.73. The van der Waals surface area contributed by atoms with Gasteiger partial charge >= 0.3 is 6.03 Å². The van der Waals surface area contributed by atoms with Gasteiger partial charge in [-0.15, -0.1) is 0 Å². The fraction of sp³-hybridized carbons (Fsp3) is 0.227. The Morgan fingerprint density at radius 1 is 0.929 bits per heavy atom. The molecule has 144 valence electrons. The van der Waals surface area contributed by atoms with Crippen LogP contribution >= 0.6 is 0 Å². The van der Waals surface area contributed by atoms with Crippen LogP contribution in [0.5, 0.6) is 0 Å². The number of carbonyl (C=O) groups is 3. The first-order valence-corrected chi connectivity index (χ1v) is 9.27. The molecule has 2 aromatic rings. The Bertz CT molecular complexity index is 927. The second-order valence-electron chi connectivity index (χ2n) is 6.56. The molecule has 0 atom stereocenters. The molecule has 1 heterocycles. The number of hydrogen-bond donors (Lipinski definition) is 1. The molecule has 0 aliphatic carbocycles. The van der Waals surface area contributed by atoms with E-state index in [1.54, 1.807) is 12.1 Å². The molecule has 0 aromatic heterocycles. The molecule has 6 nitrogen and oxygen atoms in total. The topological polar surface area (TPSA) is 69.7 Å². The fourth-order valence-electron chi connectivity index (χ4n) is 3.12. The van der Waals surface area contributed by atoms with Gasteiger partial charge in [-0.05, 0) is 56.7 Å². The van der Waals surface area contributed by atoms with E-state index in [0.717, 1.165) is 29.2 Å². The molecule has 2 aromatic carbocycles. The molecule has 0 radical (unpaired) electrons. The van der Waals surface area contributed by atoms with Gasteiger partial charge < -0.3 is 4.90 Å². The first-order chi connectivity index (χ1) is 13.4. The van der Waals surface area contributed by atoms with Gasteiger partial charge in [0.05, 0.1) is 5.69 Å². The van der Waals surface area contributed by atoms with Crippen LogP contribution in [-0.4, -0.2) is 30.9 Å². The van der Waals surface area contributed by atoms with Gasteiger partial charge in [-0.2, -0.15) is 0 Å². The molecule has 28 heavy (non-hydrogen) atoms. The van der Waals surface area contributed by atoms with Crippen molar-refractivity contribution in [1.82, 2.24) is 5.32 Å². The summed E-state index contributed by atoms with van der Waals surface area (Å²) >= 11 is 0. The molecule has 4 amide bonds. The van der Waals surface area contributed by atoms with Crippen LogP contribution in [0.2, 0.25) is 0 Å². The zero-order valence-electron chi connectivity index (χ0n) is 16.2. The molecule has 1 aliphatic heterocycles. The van der Waals surface area contributed by atoms with Crippen molar-refractivity contribution < 1.29 is 14.4 Å². The minimum absolute atomic E-state index is 0.0734. The Kier molecular flexibility index (Phi) is 5.59. The van der Waals surface area contributed by atoms with Crippen LogP contribution in [0.1, 0.15) is 25.0 Å². The van der Waals surface area contributed by atoms with E-state index in [2.05, 4.69) is 24.1 Å². The number of rotatable bonds is 5. The molecule has 6 heteroatoms. The van der Waals surface area contributed by atoms with Crippen LogP contribution in [0.15, 0.2) is 54.1 Å². The van der Waals surface area contributed by atoms with Crippen LogP contribution < -0.4 is 15.1 Å². The number of carbonyl (C=O) groups excluding carboxylic acids is 3. The lowest BCUT2D eigenvalue weighted by molar-refractivity contribution is -0.122. The second kappa shape index (κ2) is 8.08. The van der Waals surface area contributed by atoms with Crippen molar-refractivity contribution >= 4 is 35.3 Å². The van der Waals surface area contributed by atoms with Gasteiger partial charge in [-0.25, -0.2) is 9.69 Å². The van der Waals surface area contributed by atoms with Gasteiger partial charge in [0.2, 0.25) is 0 Å². The zero-order chi connectivity index (χ0) is 20.3. The van der Waals surface area contributed by atoms with Crippen LogP contribution in [-0.2, 0) is 9.59 Å². The molecule has 3 rings (SSSR count). The minimum Gasteiger partial charge on any atom is -0.372 e. The number of anilines is 2. The van der Waals surface area contributed by atoms with E-state index >= 15 is 0 Å². The van der Waals surface area contributed by atoms with E-state index in [0.29, 0.717) is 11.3 Å². The van der Waals surface area contributed by atoms with Crippen molar-refractivity contribution in [2.45, 2.75) is 20.8 Å². The number of hydrogen-bond acceptors (Lipinski definition) is 4. The fourth-order valence-corrected chi connectivity index (χ4v) is 3.12. The van der Waals surface area contributed by atoms with Gasteiger partial charge in [0.25, 0.3) is 11.8 Å². The molecule has 0 unspecified atom stereocenters. The second-order valence-corrected chi connectivity index (χ2v) is 6.56. The van der Waals surface area contributed by atoms with Crippen LogP contribution in [0.25, 0.3) is 6.08 Å². The molecule has 1 saturated heterocycles. The maximum Gasteiger partial charge on any atom is 0.335 e. The Hall–Kier alpha value is -3.41. The van der Waals surface area contributed by atoms with Crippen molar-refractivity contribution in [2.24, 2.45) is 0 Å². The van der Waals surface area contributed by atoms with Crippen LogP contribution in [0.3, 0.4) is 0 Å². The SMILES string of the molecule is CCN(CC)c1ccc(C=C2C(=O)NC(=O)N(c3ccc(C)cc3)C2=O)cc1. The minimum atomic E-state index is -0.743. The highest BCUT2D eigenvalue weighted by molar-refractivity contribution is 6.39. The Morgan fingerprint density at radius 2 is 1.54 bits per heavy atom. The number of imide groups is 2. The Labute approximate surface area is 164 Å². The number of nitrogens with one attached hydrogen (secondary N) is 1. The van der Waals surface area contributed by atoms with Crippen molar-refractivity contribution in [2.75, 3.05) is 22.9 Å². The molecule has 0 spiro atoms.